The zero-order valence-corrected chi connectivity index (χ0v) is 14.1. The van der Waals surface area contributed by atoms with Crippen LogP contribution in [0.3, 0.4) is 0 Å². The zero-order chi connectivity index (χ0) is 16.5. The fraction of sp³-hybridized carbons (Fsp3) is 0.389. The van der Waals surface area contributed by atoms with E-state index in [9.17, 15) is 9.59 Å². The number of nitrogens with zero attached hydrogens (tertiary/aromatic N) is 3. The molecular weight excluding hydrogens is 322 g/mol. The van der Waals surface area contributed by atoms with E-state index in [0.29, 0.717) is 13.0 Å². The van der Waals surface area contributed by atoms with Crippen LogP contribution in [0.5, 0.6) is 0 Å². The van der Waals surface area contributed by atoms with Crippen molar-refractivity contribution >= 4 is 23.2 Å². The van der Waals surface area contributed by atoms with Crippen LogP contribution in [0.2, 0.25) is 0 Å². The van der Waals surface area contributed by atoms with E-state index in [1.807, 2.05) is 38.8 Å². The van der Waals surface area contributed by atoms with E-state index in [0.717, 1.165) is 30.5 Å². The molecule has 0 unspecified atom stereocenters. The third kappa shape index (κ3) is 2.71. The number of aromatic nitrogens is 1. The van der Waals surface area contributed by atoms with Gasteiger partial charge in [0.2, 0.25) is 5.91 Å². The highest BCUT2D eigenvalue weighted by Crippen LogP contribution is 2.33. The molecule has 2 aromatic heterocycles. The van der Waals surface area contributed by atoms with Gasteiger partial charge in [-0.15, -0.1) is 0 Å². The first-order valence-electron chi connectivity index (χ1n) is 8.25. The van der Waals surface area contributed by atoms with Gasteiger partial charge in [-0.25, -0.2) is 0 Å². The quantitative estimate of drug-likeness (QED) is 0.862. The minimum Gasteiger partial charge on any atom is -0.333 e. The summed E-state index contributed by atoms with van der Waals surface area (Å²) >= 11 is 1.54. The van der Waals surface area contributed by atoms with Gasteiger partial charge in [0.05, 0.1) is 17.6 Å². The van der Waals surface area contributed by atoms with E-state index in [1.165, 1.54) is 0 Å². The van der Waals surface area contributed by atoms with Gasteiger partial charge in [-0.05, 0) is 42.0 Å². The first-order chi connectivity index (χ1) is 11.7. The van der Waals surface area contributed by atoms with Crippen LogP contribution in [0.1, 0.15) is 35.2 Å². The van der Waals surface area contributed by atoms with Crippen LogP contribution >= 0.6 is 11.3 Å². The van der Waals surface area contributed by atoms with E-state index in [4.69, 9.17) is 0 Å². The lowest BCUT2D eigenvalue weighted by Crippen LogP contribution is -2.52. The summed E-state index contributed by atoms with van der Waals surface area (Å²) in [5, 5.41) is 3.83. The molecule has 2 aliphatic heterocycles. The van der Waals surface area contributed by atoms with E-state index in [2.05, 4.69) is 4.98 Å². The number of likely N-dealkylation sites (tertiary alicyclic amines) is 2. The van der Waals surface area contributed by atoms with Gasteiger partial charge in [-0.3, -0.25) is 14.6 Å². The molecule has 24 heavy (non-hydrogen) atoms. The number of thiophene rings is 1. The van der Waals surface area contributed by atoms with Crippen LogP contribution < -0.4 is 0 Å². The summed E-state index contributed by atoms with van der Waals surface area (Å²) in [6, 6.07) is 6.03. The van der Waals surface area contributed by atoms with Crippen molar-refractivity contribution < 1.29 is 9.59 Å². The number of hydrogen-bond donors (Lipinski definition) is 0. The van der Waals surface area contributed by atoms with Gasteiger partial charge >= 0.3 is 0 Å². The van der Waals surface area contributed by atoms with E-state index < -0.39 is 0 Å². The van der Waals surface area contributed by atoms with Crippen molar-refractivity contribution in [2.45, 2.75) is 37.9 Å². The molecule has 2 fully saturated rings. The Morgan fingerprint density at radius 2 is 2.04 bits per heavy atom. The Bertz CT molecular complexity index is 732. The van der Waals surface area contributed by atoms with E-state index >= 15 is 0 Å². The number of fused-ring (bicyclic) bond motifs is 1. The third-order valence-corrected chi connectivity index (χ3v) is 5.70. The predicted octanol–water partition coefficient (Wildman–Crippen LogP) is 2.55. The van der Waals surface area contributed by atoms with Gasteiger partial charge < -0.3 is 9.80 Å². The van der Waals surface area contributed by atoms with Crippen molar-refractivity contribution in [3.8, 4) is 0 Å². The summed E-state index contributed by atoms with van der Waals surface area (Å²) in [5.41, 5.74) is 1.85. The Kier molecular flexibility index (Phi) is 4.06. The smallest absolute Gasteiger partial charge is 0.255 e. The largest absolute Gasteiger partial charge is 0.333 e. The standard InChI is InChI=1S/C18H19N3O2S/c22-17-2-1-15-16(21(17)11-13-3-7-19-8-4-13)5-9-20(15)18(23)14-6-10-24-12-14/h3-4,6-8,10,12,15-16H,1-2,5,9,11H2/t15-,16-/m1/s1. The maximum Gasteiger partial charge on any atom is 0.255 e. The van der Waals surface area contributed by atoms with Crippen LogP contribution in [0.25, 0.3) is 0 Å². The average Bonchev–Trinajstić information content (AvgIpc) is 3.27. The zero-order valence-electron chi connectivity index (χ0n) is 13.3. The first kappa shape index (κ1) is 15.3. The summed E-state index contributed by atoms with van der Waals surface area (Å²) in [6.07, 6.45) is 5.65. The van der Waals surface area contributed by atoms with Crippen LogP contribution in [0, 0.1) is 0 Å². The monoisotopic (exact) mass is 341 g/mol. The lowest BCUT2D eigenvalue weighted by Gasteiger charge is -2.39. The van der Waals surface area contributed by atoms with Gasteiger partial charge in [-0.2, -0.15) is 11.3 Å². The summed E-state index contributed by atoms with van der Waals surface area (Å²) in [6.45, 7) is 1.33. The molecule has 0 radical (unpaired) electrons. The molecule has 0 spiro atoms. The molecule has 0 N–H and O–H groups in total. The summed E-state index contributed by atoms with van der Waals surface area (Å²) < 4.78 is 0. The Hall–Kier alpha value is -2.21. The Morgan fingerprint density at radius 3 is 2.79 bits per heavy atom. The molecule has 2 atom stereocenters. The number of amides is 2. The second kappa shape index (κ2) is 6.36. The minimum absolute atomic E-state index is 0.0990. The molecule has 5 nitrogen and oxygen atoms in total. The highest BCUT2D eigenvalue weighted by molar-refractivity contribution is 7.08. The number of carbonyl (C=O) groups is 2. The normalized spacial score (nSPS) is 23.4. The first-order valence-corrected chi connectivity index (χ1v) is 9.20. The van der Waals surface area contributed by atoms with Gasteiger partial charge in [0.25, 0.3) is 5.91 Å². The summed E-state index contributed by atoms with van der Waals surface area (Å²) in [4.78, 5) is 33.2. The van der Waals surface area contributed by atoms with Crippen molar-refractivity contribution in [2.75, 3.05) is 6.54 Å². The third-order valence-electron chi connectivity index (χ3n) is 5.02. The fourth-order valence-corrected chi connectivity index (χ4v) is 4.47. The maximum absolute atomic E-state index is 12.7. The molecule has 2 amide bonds. The Morgan fingerprint density at radius 1 is 1.21 bits per heavy atom. The second-order valence-corrected chi connectivity index (χ2v) is 7.13. The lowest BCUT2D eigenvalue weighted by atomic mass is 9.95. The number of rotatable bonds is 3. The van der Waals surface area contributed by atoms with Crippen molar-refractivity contribution in [2.24, 2.45) is 0 Å². The topological polar surface area (TPSA) is 53.5 Å². The maximum atomic E-state index is 12.7. The molecule has 2 saturated heterocycles. The molecule has 4 heterocycles. The molecule has 0 aromatic carbocycles. The molecular formula is C18H19N3O2S. The number of piperidine rings is 1. The molecule has 0 saturated carbocycles. The SMILES string of the molecule is O=C1CC[C@@H]2[C@@H](CCN2C(=O)c2ccsc2)N1Cc1ccncc1. The van der Waals surface area contributed by atoms with Crippen LogP contribution in [0.4, 0.5) is 0 Å². The predicted molar refractivity (Wildman–Crippen MR) is 91.6 cm³/mol. The van der Waals surface area contributed by atoms with Crippen molar-refractivity contribution in [3.63, 3.8) is 0 Å². The number of hydrogen-bond acceptors (Lipinski definition) is 4. The molecule has 124 valence electrons. The van der Waals surface area contributed by atoms with Gasteiger partial charge in [0, 0.05) is 37.3 Å². The van der Waals surface area contributed by atoms with Gasteiger partial charge in [-0.1, -0.05) is 0 Å². The van der Waals surface area contributed by atoms with Crippen LogP contribution in [0.15, 0.2) is 41.4 Å². The fourth-order valence-electron chi connectivity index (χ4n) is 3.84. The molecule has 2 aliphatic rings. The molecule has 2 aromatic rings. The van der Waals surface area contributed by atoms with Gasteiger partial charge in [0.1, 0.15) is 0 Å². The van der Waals surface area contributed by atoms with Crippen molar-refractivity contribution in [1.29, 1.82) is 0 Å². The number of carbonyl (C=O) groups excluding carboxylic acids is 2. The molecule has 0 bridgehead atoms. The van der Waals surface area contributed by atoms with Gasteiger partial charge in [0.15, 0.2) is 0 Å². The van der Waals surface area contributed by atoms with Crippen molar-refractivity contribution in [3.05, 3.63) is 52.5 Å². The van der Waals surface area contributed by atoms with Crippen LogP contribution in [-0.2, 0) is 11.3 Å². The number of pyridine rings is 1. The Balaban J connectivity index is 1.54. The lowest BCUT2D eigenvalue weighted by molar-refractivity contribution is -0.138. The Labute approximate surface area is 144 Å². The van der Waals surface area contributed by atoms with E-state index in [1.54, 1.807) is 23.7 Å². The van der Waals surface area contributed by atoms with Crippen molar-refractivity contribution in [1.82, 2.24) is 14.8 Å². The summed E-state index contributed by atoms with van der Waals surface area (Å²) in [5.74, 6) is 0.292. The molecule has 0 aliphatic carbocycles. The van der Waals surface area contributed by atoms with E-state index in [-0.39, 0.29) is 23.9 Å². The van der Waals surface area contributed by atoms with Crippen LogP contribution in [-0.4, -0.2) is 45.2 Å². The second-order valence-electron chi connectivity index (χ2n) is 6.35. The highest BCUT2D eigenvalue weighted by atomic mass is 32.1. The summed E-state index contributed by atoms with van der Waals surface area (Å²) in [7, 11) is 0. The molecule has 4 rings (SSSR count). The molecule has 6 heteroatoms. The highest BCUT2D eigenvalue weighted by Gasteiger charge is 2.44. The minimum atomic E-state index is 0.0990. The average molecular weight is 341 g/mol.